The summed E-state index contributed by atoms with van der Waals surface area (Å²) in [6.45, 7) is 7.34. The Hall–Kier alpha value is -4.63. The molecule has 0 heterocycles. The minimum Gasteiger partial charge on any atom is -0.497 e. The Labute approximate surface area is 273 Å². The standard InChI is InChI=1S/C37H43N3O5S/c1-6-29(4)38-37(42)35(24-30-12-8-7-9-13-30)39(25-31-14-10-11-28(3)23-31)36(41)26-40(32-17-19-33(45-5)20-18-32)46(43,44)34-21-15-27(2)16-22-34/h7-23,29,35H,6,24-26H2,1-5H3,(H,38,42)/t29-,35+/m1/s1. The van der Waals surface area contributed by atoms with Crippen LogP contribution >= 0.6 is 0 Å². The fourth-order valence-corrected chi connectivity index (χ4v) is 6.53. The number of nitrogens with one attached hydrogen (secondary N) is 1. The SMILES string of the molecule is CC[C@@H](C)NC(=O)[C@H](Cc1ccccc1)N(Cc1cccc(C)c1)C(=O)CN(c1ccc(OC)cc1)S(=O)(=O)c1ccc(C)cc1. The Morgan fingerprint density at radius 3 is 2.09 bits per heavy atom. The molecule has 2 atom stereocenters. The van der Waals surface area contributed by atoms with Crippen molar-refractivity contribution in [2.45, 2.75) is 64.1 Å². The van der Waals surface area contributed by atoms with Crippen molar-refractivity contribution in [1.82, 2.24) is 10.2 Å². The van der Waals surface area contributed by atoms with Gasteiger partial charge in [0, 0.05) is 19.0 Å². The van der Waals surface area contributed by atoms with E-state index in [1.165, 1.54) is 24.1 Å². The van der Waals surface area contributed by atoms with Crippen molar-refractivity contribution >= 4 is 27.5 Å². The number of carbonyl (C=O) groups is 2. The lowest BCUT2D eigenvalue weighted by atomic mass is 10.0. The number of amides is 2. The first-order valence-corrected chi connectivity index (χ1v) is 16.9. The number of methoxy groups -OCH3 is 1. The molecule has 0 unspecified atom stereocenters. The maximum Gasteiger partial charge on any atom is 0.264 e. The van der Waals surface area contributed by atoms with Gasteiger partial charge in [0.25, 0.3) is 10.0 Å². The summed E-state index contributed by atoms with van der Waals surface area (Å²) in [4.78, 5) is 30.1. The van der Waals surface area contributed by atoms with E-state index in [1.54, 1.807) is 36.4 Å². The second kappa shape index (κ2) is 15.6. The predicted octanol–water partition coefficient (Wildman–Crippen LogP) is 6.06. The maximum absolute atomic E-state index is 14.6. The summed E-state index contributed by atoms with van der Waals surface area (Å²) in [5.74, 6) is -0.252. The Kier molecular flexibility index (Phi) is 11.6. The zero-order valence-electron chi connectivity index (χ0n) is 27.1. The summed E-state index contributed by atoms with van der Waals surface area (Å²) in [6, 6.07) is 29.3. The van der Waals surface area contributed by atoms with E-state index < -0.39 is 28.5 Å². The number of carbonyl (C=O) groups excluding carboxylic acids is 2. The van der Waals surface area contributed by atoms with Gasteiger partial charge < -0.3 is 15.0 Å². The van der Waals surface area contributed by atoms with E-state index in [0.29, 0.717) is 11.4 Å². The lowest BCUT2D eigenvalue weighted by molar-refractivity contribution is -0.140. The molecule has 0 fully saturated rings. The Morgan fingerprint density at radius 2 is 1.48 bits per heavy atom. The van der Waals surface area contributed by atoms with Crippen LogP contribution in [-0.4, -0.2) is 50.9 Å². The first-order valence-electron chi connectivity index (χ1n) is 15.4. The average Bonchev–Trinajstić information content (AvgIpc) is 3.05. The van der Waals surface area contributed by atoms with Gasteiger partial charge in [-0.3, -0.25) is 13.9 Å². The molecule has 0 saturated heterocycles. The molecule has 46 heavy (non-hydrogen) atoms. The number of hydrogen-bond acceptors (Lipinski definition) is 5. The molecule has 1 N–H and O–H groups in total. The number of rotatable bonds is 14. The van der Waals surface area contributed by atoms with Crippen LogP contribution < -0.4 is 14.4 Å². The molecule has 0 aliphatic heterocycles. The molecule has 4 rings (SSSR count). The van der Waals surface area contributed by atoms with Crippen LogP contribution in [0.15, 0.2) is 108 Å². The van der Waals surface area contributed by atoms with Gasteiger partial charge in [0.15, 0.2) is 0 Å². The second-order valence-corrected chi connectivity index (χ2v) is 13.4. The molecule has 8 nitrogen and oxygen atoms in total. The number of sulfonamides is 1. The lowest BCUT2D eigenvalue weighted by Gasteiger charge is -2.34. The van der Waals surface area contributed by atoms with E-state index in [-0.39, 0.29) is 29.8 Å². The average molecular weight is 642 g/mol. The summed E-state index contributed by atoms with van der Waals surface area (Å²) >= 11 is 0. The van der Waals surface area contributed by atoms with Crippen molar-refractivity contribution in [2.75, 3.05) is 18.0 Å². The molecule has 0 aromatic heterocycles. The van der Waals surface area contributed by atoms with Gasteiger partial charge >= 0.3 is 0 Å². The van der Waals surface area contributed by atoms with Crippen LogP contribution in [0.2, 0.25) is 0 Å². The van der Waals surface area contributed by atoms with Crippen LogP contribution in [0.25, 0.3) is 0 Å². The summed E-state index contributed by atoms with van der Waals surface area (Å²) in [7, 11) is -2.65. The number of benzene rings is 4. The molecular weight excluding hydrogens is 598 g/mol. The van der Waals surface area contributed by atoms with Gasteiger partial charge in [-0.05, 0) is 74.7 Å². The minimum absolute atomic E-state index is 0.0577. The number of aryl methyl sites for hydroxylation is 2. The van der Waals surface area contributed by atoms with E-state index in [2.05, 4.69) is 5.32 Å². The van der Waals surface area contributed by atoms with E-state index in [1.807, 2.05) is 82.3 Å². The Morgan fingerprint density at radius 1 is 0.826 bits per heavy atom. The predicted molar refractivity (Wildman–Crippen MR) is 182 cm³/mol. The first kappa shape index (κ1) is 34.2. The molecule has 9 heteroatoms. The molecule has 0 saturated carbocycles. The van der Waals surface area contributed by atoms with Crippen molar-refractivity contribution in [2.24, 2.45) is 0 Å². The molecule has 2 amide bonds. The minimum atomic E-state index is -4.18. The van der Waals surface area contributed by atoms with Crippen molar-refractivity contribution < 1.29 is 22.7 Å². The highest BCUT2D eigenvalue weighted by molar-refractivity contribution is 7.92. The van der Waals surface area contributed by atoms with Gasteiger partial charge in [0.1, 0.15) is 18.3 Å². The van der Waals surface area contributed by atoms with E-state index in [9.17, 15) is 18.0 Å². The third-order valence-corrected chi connectivity index (χ3v) is 9.74. The topological polar surface area (TPSA) is 96.0 Å². The summed E-state index contributed by atoms with van der Waals surface area (Å²) in [5, 5.41) is 3.06. The number of anilines is 1. The lowest BCUT2D eigenvalue weighted by Crippen LogP contribution is -2.54. The van der Waals surface area contributed by atoms with Gasteiger partial charge in [-0.1, -0.05) is 84.8 Å². The van der Waals surface area contributed by atoms with Crippen molar-refractivity contribution in [3.63, 3.8) is 0 Å². The van der Waals surface area contributed by atoms with Gasteiger partial charge in [0.2, 0.25) is 11.8 Å². The molecule has 242 valence electrons. The van der Waals surface area contributed by atoms with Gasteiger partial charge in [-0.2, -0.15) is 0 Å². The van der Waals surface area contributed by atoms with E-state index >= 15 is 0 Å². The van der Waals surface area contributed by atoms with Crippen LogP contribution in [0.5, 0.6) is 5.75 Å². The number of nitrogens with zero attached hydrogens (tertiary/aromatic N) is 2. The Bertz CT molecular complexity index is 1710. The molecule has 0 aliphatic rings. The first-order chi connectivity index (χ1) is 22.0. The number of hydrogen-bond donors (Lipinski definition) is 1. The van der Waals surface area contributed by atoms with Crippen molar-refractivity contribution in [3.8, 4) is 5.75 Å². The van der Waals surface area contributed by atoms with Crippen LogP contribution in [-0.2, 0) is 32.6 Å². The normalized spacial score (nSPS) is 12.5. The molecule has 4 aromatic carbocycles. The molecule has 0 radical (unpaired) electrons. The molecule has 0 aliphatic carbocycles. The maximum atomic E-state index is 14.6. The van der Waals surface area contributed by atoms with Crippen LogP contribution in [0.3, 0.4) is 0 Å². The van der Waals surface area contributed by atoms with E-state index in [4.69, 9.17) is 4.74 Å². The van der Waals surface area contributed by atoms with Crippen LogP contribution in [0.1, 0.15) is 42.5 Å². The van der Waals surface area contributed by atoms with Gasteiger partial charge in [0.05, 0.1) is 17.7 Å². The molecule has 0 bridgehead atoms. The van der Waals surface area contributed by atoms with Crippen LogP contribution in [0.4, 0.5) is 5.69 Å². The van der Waals surface area contributed by atoms with Crippen molar-refractivity contribution in [3.05, 3.63) is 125 Å². The van der Waals surface area contributed by atoms with Gasteiger partial charge in [-0.25, -0.2) is 8.42 Å². The number of ether oxygens (including phenoxy) is 1. The highest BCUT2D eigenvalue weighted by Gasteiger charge is 2.35. The summed E-state index contributed by atoms with van der Waals surface area (Å²) in [6.07, 6.45) is 0.976. The largest absolute Gasteiger partial charge is 0.497 e. The third kappa shape index (κ3) is 8.75. The van der Waals surface area contributed by atoms with E-state index in [0.717, 1.165) is 33.0 Å². The summed E-state index contributed by atoms with van der Waals surface area (Å²) < 4.78 is 34.8. The Balaban J connectivity index is 1.81. The monoisotopic (exact) mass is 641 g/mol. The summed E-state index contributed by atoms with van der Waals surface area (Å²) in [5.41, 5.74) is 3.93. The van der Waals surface area contributed by atoms with Crippen LogP contribution in [0, 0.1) is 13.8 Å². The highest BCUT2D eigenvalue weighted by atomic mass is 32.2. The molecule has 0 spiro atoms. The highest BCUT2D eigenvalue weighted by Crippen LogP contribution is 2.27. The third-order valence-electron chi connectivity index (χ3n) is 7.96. The quantitative estimate of drug-likeness (QED) is 0.181. The molecular formula is C37H43N3O5S. The zero-order chi connectivity index (χ0) is 33.3. The van der Waals surface area contributed by atoms with Gasteiger partial charge in [-0.15, -0.1) is 0 Å². The fraction of sp³-hybridized carbons (Fsp3) is 0.297. The van der Waals surface area contributed by atoms with Crippen molar-refractivity contribution in [1.29, 1.82) is 0 Å². The zero-order valence-corrected chi connectivity index (χ0v) is 28.0. The smallest absolute Gasteiger partial charge is 0.264 e. The fourth-order valence-electron chi connectivity index (χ4n) is 5.12. The molecule has 4 aromatic rings. The second-order valence-electron chi connectivity index (χ2n) is 11.6.